The number of carbonyl (C=O) groups excluding carboxylic acids is 1. The molecule has 5 heteroatoms. The van der Waals surface area contributed by atoms with Crippen molar-refractivity contribution in [2.75, 3.05) is 14.2 Å². The molecule has 4 nitrogen and oxygen atoms in total. The molecule has 0 saturated carbocycles. The highest BCUT2D eigenvalue weighted by Crippen LogP contribution is 2.58. The van der Waals surface area contributed by atoms with E-state index in [1.807, 2.05) is 6.07 Å². The molecular formula is C10H13O4P. The minimum atomic E-state index is -3.38. The highest BCUT2D eigenvalue weighted by molar-refractivity contribution is 7.55. The Hall–Kier alpha value is -0.960. The van der Waals surface area contributed by atoms with Gasteiger partial charge in [-0.2, -0.15) is 0 Å². The van der Waals surface area contributed by atoms with Gasteiger partial charge in [0.15, 0.2) is 0 Å². The fraction of sp³-hybridized carbons (Fsp3) is 0.300. The summed E-state index contributed by atoms with van der Waals surface area (Å²) < 4.78 is 21.6. The van der Waals surface area contributed by atoms with Gasteiger partial charge in [0, 0.05) is 14.2 Å². The van der Waals surface area contributed by atoms with E-state index in [0.717, 1.165) is 0 Å². The smallest absolute Gasteiger partial charge is 0.311 e. The van der Waals surface area contributed by atoms with Crippen molar-refractivity contribution in [1.82, 2.24) is 0 Å². The molecular weight excluding hydrogens is 215 g/mol. The zero-order valence-electron chi connectivity index (χ0n) is 8.62. The van der Waals surface area contributed by atoms with Crippen LogP contribution in [0.5, 0.6) is 0 Å². The van der Waals surface area contributed by atoms with E-state index in [-0.39, 0.29) is 0 Å². The van der Waals surface area contributed by atoms with Gasteiger partial charge in [-0.1, -0.05) is 30.3 Å². The van der Waals surface area contributed by atoms with Gasteiger partial charge in [0.25, 0.3) is 0 Å². The third-order valence-electron chi connectivity index (χ3n) is 2.12. The molecule has 0 bridgehead atoms. The maximum atomic E-state index is 12.0. The largest absolute Gasteiger partial charge is 0.344 e. The Balaban J connectivity index is 3.09. The molecule has 1 atom stereocenters. The van der Waals surface area contributed by atoms with Crippen molar-refractivity contribution in [3.8, 4) is 0 Å². The minimum Gasteiger partial charge on any atom is -0.311 e. The van der Waals surface area contributed by atoms with Crippen LogP contribution in [0.15, 0.2) is 30.3 Å². The molecule has 0 saturated heterocycles. The Morgan fingerprint density at radius 2 is 1.73 bits per heavy atom. The van der Waals surface area contributed by atoms with Crippen LogP contribution in [-0.4, -0.2) is 20.5 Å². The highest BCUT2D eigenvalue weighted by atomic mass is 31.2. The normalized spacial score (nSPS) is 13.5. The Morgan fingerprint density at radius 1 is 1.20 bits per heavy atom. The van der Waals surface area contributed by atoms with Crippen LogP contribution in [0.4, 0.5) is 0 Å². The van der Waals surface area contributed by atoms with E-state index in [9.17, 15) is 9.36 Å². The summed E-state index contributed by atoms with van der Waals surface area (Å²) in [6.45, 7) is 0. The SMILES string of the molecule is COP(=O)(OC)C(C=O)c1ccccc1. The zero-order chi connectivity index (χ0) is 11.3. The number of hydrogen-bond donors (Lipinski definition) is 0. The fourth-order valence-corrected chi connectivity index (χ4v) is 2.58. The van der Waals surface area contributed by atoms with Crippen molar-refractivity contribution in [2.24, 2.45) is 0 Å². The Labute approximate surface area is 88.7 Å². The Morgan fingerprint density at radius 3 is 2.13 bits per heavy atom. The van der Waals surface area contributed by atoms with E-state index in [0.29, 0.717) is 11.8 Å². The molecule has 0 aliphatic carbocycles. The summed E-state index contributed by atoms with van der Waals surface area (Å²) >= 11 is 0. The summed E-state index contributed by atoms with van der Waals surface area (Å²) in [5.74, 6) is 0. The molecule has 1 rings (SSSR count). The first kappa shape index (κ1) is 12.1. The lowest BCUT2D eigenvalue weighted by molar-refractivity contribution is -0.107. The van der Waals surface area contributed by atoms with E-state index < -0.39 is 13.3 Å². The highest BCUT2D eigenvalue weighted by Gasteiger charge is 2.34. The van der Waals surface area contributed by atoms with Crippen LogP contribution in [0.1, 0.15) is 11.2 Å². The summed E-state index contributed by atoms with van der Waals surface area (Å²) in [6.07, 6.45) is 0.586. The number of hydrogen-bond acceptors (Lipinski definition) is 4. The first-order chi connectivity index (χ1) is 7.18. The summed E-state index contributed by atoms with van der Waals surface area (Å²) in [7, 11) is -0.846. The van der Waals surface area contributed by atoms with E-state index in [1.54, 1.807) is 24.3 Å². The van der Waals surface area contributed by atoms with Crippen LogP contribution < -0.4 is 0 Å². The lowest BCUT2D eigenvalue weighted by atomic mass is 10.2. The first-order valence-corrected chi connectivity index (χ1v) is 6.00. The van der Waals surface area contributed by atoms with Gasteiger partial charge in [-0.25, -0.2) is 0 Å². The van der Waals surface area contributed by atoms with Crippen molar-refractivity contribution in [1.29, 1.82) is 0 Å². The molecule has 0 aromatic heterocycles. The van der Waals surface area contributed by atoms with Crippen LogP contribution in [0.25, 0.3) is 0 Å². The van der Waals surface area contributed by atoms with Gasteiger partial charge in [-0.15, -0.1) is 0 Å². The van der Waals surface area contributed by atoms with Crippen molar-refractivity contribution in [2.45, 2.75) is 5.66 Å². The van der Waals surface area contributed by atoms with Crippen molar-refractivity contribution < 1.29 is 18.4 Å². The molecule has 0 aliphatic heterocycles. The molecule has 0 radical (unpaired) electrons. The second kappa shape index (κ2) is 5.21. The molecule has 0 spiro atoms. The molecule has 82 valence electrons. The standard InChI is InChI=1S/C10H13O4P/c1-13-15(12,14-2)10(8-11)9-6-4-3-5-7-9/h3-8,10H,1-2H3. The van der Waals surface area contributed by atoms with Gasteiger partial charge >= 0.3 is 7.60 Å². The molecule has 0 aliphatic rings. The maximum absolute atomic E-state index is 12.0. The lowest BCUT2D eigenvalue weighted by Gasteiger charge is -2.19. The van der Waals surface area contributed by atoms with E-state index in [2.05, 4.69) is 0 Å². The lowest BCUT2D eigenvalue weighted by Crippen LogP contribution is -2.04. The van der Waals surface area contributed by atoms with Crippen molar-refractivity contribution >= 4 is 13.9 Å². The number of carbonyl (C=O) groups is 1. The first-order valence-electron chi connectivity index (χ1n) is 4.39. The third-order valence-corrected chi connectivity index (χ3v) is 4.24. The van der Waals surface area contributed by atoms with E-state index >= 15 is 0 Å². The van der Waals surface area contributed by atoms with Crippen LogP contribution in [0.2, 0.25) is 0 Å². The van der Waals surface area contributed by atoms with Gasteiger partial charge < -0.3 is 13.8 Å². The molecule has 1 aromatic rings. The van der Waals surface area contributed by atoms with Crippen LogP contribution in [-0.2, 0) is 18.4 Å². The van der Waals surface area contributed by atoms with Crippen LogP contribution in [0.3, 0.4) is 0 Å². The maximum Gasteiger partial charge on any atom is 0.344 e. The summed E-state index contributed by atoms with van der Waals surface area (Å²) in [5.41, 5.74) is -0.242. The van der Waals surface area contributed by atoms with Crippen LogP contribution >= 0.6 is 7.60 Å². The number of benzene rings is 1. The fourth-order valence-electron chi connectivity index (χ4n) is 1.29. The molecule has 1 unspecified atom stereocenters. The van der Waals surface area contributed by atoms with Gasteiger partial charge in [-0.05, 0) is 5.56 Å². The van der Waals surface area contributed by atoms with Crippen molar-refractivity contribution in [3.63, 3.8) is 0 Å². The van der Waals surface area contributed by atoms with E-state index in [4.69, 9.17) is 9.05 Å². The van der Waals surface area contributed by atoms with E-state index in [1.165, 1.54) is 14.2 Å². The monoisotopic (exact) mass is 228 g/mol. The molecule has 0 amide bonds. The Bertz CT molecular complexity index is 355. The second-order valence-electron chi connectivity index (χ2n) is 2.90. The zero-order valence-corrected chi connectivity index (χ0v) is 9.52. The van der Waals surface area contributed by atoms with Gasteiger partial charge in [0.2, 0.25) is 0 Å². The average molecular weight is 228 g/mol. The minimum absolute atomic E-state index is 0.586. The van der Waals surface area contributed by atoms with Crippen molar-refractivity contribution in [3.05, 3.63) is 35.9 Å². The molecule has 15 heavy (non-hydrogen) atoms. The predicted molar refractivity (Wildman–Crippen MR) is 56.9 cm³/mol. The molecule has 1 aromatic carbocycles. The molecule has 0 N–H and O–H groups in total. The summed E-state index contributed by atoms with van der Waals surface area (Å²) in [4.78, 5) is 10.9. The summed E-state index contributed by atoms with van der Waals surface area (Å²) in [5, 5.41) is 0. The van der Waals surface area contributed by atoms with Gasteiger partial charge in [-0.3, -0.25) is 4.57 Å². The number of rotatable bonds is 5. The molecule has 0 heterocycles. The van der Waals surface area contributed by atoms with Gasteiger partial charge in [0.05, 0.1) is 0 Å². The van der Waals surface area contributed by atoms with Crippen LogP contribution in [0, 0.1) is 0 Å². The second-order valence-corrected chi connectivity index (χ2v) is 5.26. The van der Waals surface area contributed by atoms with Gasteiger partial charge in [0.1, 0.15) is 11.9 Å². The Kier molecular flexibility index (Phi) is 4.21. The molecule has 0 fully saturated rings. The summed E-state index contributed by atoms with van der Waals surface area (Å²) in [6, 6.07) is 8.77. The average Bonchev–Trinajstić information content (AvgIpc) is 2.31. The topological polar surface area (TPSA) is 52.6 Å². The third kappa shape index (κ3) is 2.53. The predicted octanol–water partition coefficient (Wildman–Crippen LogP) is 2.41. The quantitative estimate of drug-likeness (QED) is 0.573. The number of aldehydes is 1.